The number of fused-ring (bicyclic) bond motifs is 1. The molecule has 7 nitrogen and oxygen atoms in total. The van der Waals surface area contributed by atoms with Crippen molar-refractivity contribution in [3.05, 3.63) is 53.5 Å². The van der Waals surface area contributed by atoms with Crippen LogP contribution in [0.25, 0.3) is 10.9 Å². The molecule has 1 unspecified atom stereocenters. The third-order valence-electron chi connectivity index (χ3n) is 5.85. The van der Waals surface area contributed by atoms with Gasteiger partial charge < -0.3 is 15.5 Å². The number of amides is 1. The van der Waals surface area contributed by atoms with E-state index in [1.807, 2.05) is 19.1 Å². The van der Waals surface area contributed by atoms with Crippen molar-refractivity contribution in [2.75, 3.05) is 23.3 Å². The second kappa shape index (κ2) is 8.88. The predicted molar refractivity (Wildman–Crippen MR) is 125 cm³/mol. The number of carbonyl (C=O) groups excluding carboxylic acids is 1. The molecule has 9 heteroatoms. The highest BCUT2D eigenvalue weighted by Gasteiger charge is 2.26. The Balaban J connectivity index is 1.62. The Hall–Kier alpha value is -3.36. The number of rotatable bonds is 6. The minimum atomic E-state index is -2.90. The Bertz CT molecular complexity index is 1180. The van der Waals surface area contributed by atoms with E-state index in [0.29, 0.717) is 23.7 Å². The number of nitrogens with one attached hydrogen (secondary N) is 2. The monoisotopic (exact) mass is 454 g/mol. The minimum Gasteiger partial charge on any atom is -0.363 e. The lowest BCUT2D eigenvalue weighted by molar-refractivity contribution is -0.119. The number of nitrogens with zero attached hydrogens (tertiary/aromatic N) is 4. The van der Waals surface area contributed by atoms with Gasteiger partial charge in [0.25, 0.3) is 5.92 Å². The SMILES string of the molecule is CC(=O)N[C@H]1CCN(c2cc3c(NC(C)c4cccc(C(C)(F)F)c4)nc(C)nc3cn2)C1. The van der Waals surface area contributed by atoms with Crippen LogP contribution < -0.4 is 15.5 Å². The number of benzene rings is 1. The zero-order chi connectivity index (χ0) is 23.8. The van der Waals surface area contributed by atoms with Crippen molar-refractivity contribution >= 4 is 28.4 Å². The summed E-state index contributed by atoms with van der Waals surface area (Å²) in [6.45, 7) is 7.61. The predicted octanol–water partition coefficient (Wildman–Crippen LogP) is 4.33. The Labute approximate surface area is 191 Å². The highest BCUT2D eigenvalue weighted by Crippen LogP contribution is 2.31. The lowest BCUT2D eigenvalue weighted by atomic mass is 10.0. The first-order chi connectivity index (χ1) is 15.6. The largest absolute Gasteiger partial charge is 0.363 e. The van der Waals surface area contributed by atoms with E-state index in [0.717, 1.165) is 36.7 Å². The molecule has 33 heavy (non-hydrogen) atoms. The molecule has 1 aliphatic heterocycles. The number of aromatic nitrogens is 3. The van der Waals surface area contributed by atoms with Crippen LogP contribution in [0.5, 0.6) is 0 Å². The molecule has 1 fully saturated rings. The summed E-state index contributed by atoms with van der Waals surface area (Å²) in [6, 6.07) is 8.20. The summed E-state index contributed by atoms with van der Waals surface area (Å²) in [7, 11) is 0. The summed E-state index contributed by atoms with van der Waals surface area (Å²) >= 11 is 0. The number of hydrogen-bond acceptors (Lipinski definition) is 6. The molecule has 0 spiro atoms. The summed E-state index contributed by atoms with van der Waals surface area (Å²) in [5.74, 6) is -0.944. The Morgan fingerprint density at radius 3 is 2.79 bits per heavy atom. The molecule has 0 radical (unpaired) electrons. The molecule has 0 saturated carbocycles. The number of anilines is 2. The lowest BCUT2D eigenvalue weighted by Crippen LogP contribution is -2.35. The van der Waals surface area contributed by atoms with E-state index >= 15 is 0 Å². The number of carbonyl (C=O) groups is 1. The summed E-state index contributed by atoms with van der Waals surface area (Å²) in [5, 5.41) is 7.14. The van der Waals surface area contributed by atoms with Crippen LogP contribution in [0.3, 0.4) is 0 Å². The van der Waals surface area contributed by atoms with Gasteiger partial charge in [-0.25, -0.2) is 23.7 Å². The van der Waals surface area contributed by atoms with Crippen LogP contribution in [0.1, 0.15) is 50.2 Å². The summed E-state index contributed by atoms with van der Waals surface area (Å²) in [4.78, 5) is 27.2. The first-order valence-corrected chi connectivity index (χ1v) is 11.0. The summed E-state index contributed by atoms with van der Waals surface area (Å²) < 4.78 is 27.6. The van der Waals surface area contributed by atoms with Crippen LogP contribution in [-0.2, 0) is 10.7 Å². The fourth-order valence-corrected chi connectivity index (χ4v) is 4.16. The maximum Gasteiger partial charge on any atom is 0.270 e. The highest BCUT2D eigenvalue weighted by atomic mass is 19.3. The number of halogens is 2. The molecule has 0 aliphatic carbocycles. The molecular formula is C24H28F2N6O. The molecule has 4 rings (SSSR count). The van der Waals surface area contributed by atoms with Gasteiger partial charge in [-0.1, -0.05) is 18.2 Å². The molecule has 1 saturated heterocycles. The smallest absolute Gasteiger partial charge is 0.270 e. The maximum atomic E-state index is 13.8. The second-order valence-corrected chi connectivity index (χ2v) is 8.69. The fraction of sp³-hybridized carbons (Fsp3) is 0.417. The van der Waals surface area contributed by atoms with Crippen molar-refractivity contribution in [2.45, 2.75) is 52.1 Å². The molecule has 3 aromatic rings. The van der Waals surface area contributed by atoms with Gasteiger partial charge >= 0.3 is 0 Å². The van der Waals surface area contributed by atoms with Gasteiger partial charge in [0.05, 0.1) is 11.7 Å². The maximum absolute atomic E-state index is 13.8. The average molecular weight is 455 g/mol. The van der Waals surface area contributed by atoms with E-state index < -0.39 is 5.92 Å². The molecule has 174 valence electrons. The van der Waals surface area contributed by atoms with Crippen LogP contribution in [0.15, 0.2) is 36.5 Å². The second-order valence-electron chi connectivity index (χ2n) is 8.69. The van der Waals surface area contributed by atoms with Crippen LogP contribution in [0, 0.1) is 6.92 Å². The molecule has 2 aromatic heterocycles. The van der Waals surface area contributed by atoms with Crippen LogP contribution in [0.2, 0.25) is 0 Å². The van der Waals surface area contributed by atoms with Gasteiger partial charge in [-0.3, -0.25) is 4.79 Å². The van der Waals surface area contributed by atoms with Crippen molar-refractivity contribution in [2.24, 2.45) is 0 Å². The Kier molecular flexibility index (Phi) is 6.14. The first kappa shape index (κ1) is 22.8. The topological polar surface area (TPSA) is 83.0 Å². The van der Waals surface area contributed by atoms with Gasteiger partial charge in [-0.2, -0.15) is 0 Å². The van der Waals surface area contributed by atoms with Crippen LogP contribution >= 0.6 is 0 Å². The zero-order valence-corrected chi connectivity index (χ0v) is 19.2. The van der Waals surface area contributed by atoms with Crippen LogP contribution in [-0.4, -0.2) is 40.0 Å². The number of pyridine rings is 1. The van der Waals surface area contributed by atoms with Gasteiger partial charge in [0, 0.05) is 50.0 Å². The fourth-order valence-electron chi connectivity index (χ4n) is 4.16. The summed E-state index contributed by atoms with van der Waals surface area (Å²) in [6.07, 6.45) is 2.57. The van der Waals surface area contributed by atoms with Crippen LogP contribution in [0.4, 0.5) is 20.4 Å². The van der Waals surface area contributed by atoms with Crippen molar-refractivity contribution in [1.29, 1.82) is 0 Å². The minimum absolute atomic E-state index is 0.0216. The normalized spacial score (nSPS) is 17.3. The van der Waals surface area contributed by atoms with Gasteiger partial charge in [0.15, 0.2) is 0 Å². The highest BCUT2D eigenvalue weighted by molar-refractivity contribution is 5.90. The van der Waals surface area contributed by atoms with Crippen molar-refractivity contribution in [3.63, 3.8) is 0 Å². The molecule has 2 atom stereocenters. The molecule has 1 amide bonds. The molecule has 1 aromatic carbocycles. The van der Waals surface area contributed by atoms with Gasteiger partial charge in [-0.05, 0) is 38.0 Å². The van der Waals surface area contributed by atoms with E-state index in [4.69, 9.17) is 0 Å². The lowest BCUT2D eigenvalue weighted by Gasteiger charge is -2.21. The van der Waals surface area contributed by atoms with Crippen molar-refractivity contribution in [1.82, 2.24) is 20.3 Å². The first-order valence-electron chi connectivity index (χ1n) is 11.0. The molecule has 3 heterocycles. The number of alkyl halides is 2. The van der Waals surface area contributed by atoms with E-state index in [1.165, 1.54) is 19.1 Å². The average Bonchev–Trinajstić information content (AvgIpc) is 3.20. The summed E-state index contributed by atoms with van der Waals surface area (Å²) in [5.41, 5.74) is 1.42. The van der Waals surface area contributed by atoms with E-state index in [2.05, 4.69) is 30.5 Å². The third kappa shape index (κ3) is 5.18. The van der Waals surface area contributed by atoms with Crippen molar-refractivity contribution in [3.8, 4) is 0 Å². The molecular weight excluding hydrogens is 426 g/mol. The van der Waals surface area contributed by atoms with Crippen molar-refractivity contribution < 1.29 is 13.6 Å². The van der Waals surface area contributed by atoms with E-state index in [-0.39, 0.29) is 23.6 Å². The quantitative estimate of drug-likeness (QED) is 0.577. The molecule has 2 N–H and O–H groups in total. The van der Waals surface area contributed by atoms with E-state index in [1.54, 1.807) is 19.2 Å². The zero-order valence-electron chi connectivity index (χ0n) is 19.2. The molecule has 0 bridgehead atoms. The van der Waals surface area contributed by atoms with E-state index in [9.17, 15) is 13.6 Å². The van der Waals surface area contributed by atoms with Gasteiger partial charge in [0.2, 0.25) is 5.91 Å². The Morgan fingerprint density at radius 2 is 2.06 bits per heavy atom. The standard InChI is InChI=1S/C24H28F2N6O/c1-14(17-6-5-7-18(10-17)24(4,25)26)28-23-20-11-22(27-12-21(20)29-15(2)30-23)32-9-8-19(13-32)31-16(3)33/h5-7,10-12,14,19H,8-9,13H2,1-4H3,(H,31,33)(H,28,29,30)/t14?,19-/m0/s1. The molecule has 1 aliphatic rings. The third-order valence-corrected chi connectivity index (χ3v) is 5.85. The van der Waals surface area contributed by atoms with Gasteiger partial charge in [0.1, 0.15) is 17.5 Å². The number of aryl methyl sites for hydroxylation is 1. The Morgan fingerprint density at radius 1 is 1.27 bits per heavy atom. The number of hydrogen-bond donors (Lipinski definition) is 2. The van der Waals surface area contributed by atoms with Gasteiger partial charge in [-0.15, -0.1) is 0 Å².